The number of hydrogen-bond acceptors (Lipinski definition) is 3. The van der Waals surface area contributed by atoms with Crippen molar-refractivity contribution in [1.82, 2.24) is 0 Å². The van der Waals surface area contributed by atoms with E-state index in [1.807, 2.05) is 0 Å². The lowest BCUT2D eigenvalue weighted by atomic mass is 10.4. The average molecular weight is 255 g/mol. The molecule has 0 amide bonds. The summed E-state index contributed by atoms with van der Waals surface area (Å²) in [6.07, 6.45) is 0. The smallest absolute Gasteiger partial charge is 0.309 e. The molecule has 0 saturated heterocycles. The van der Waals surface area contributed by atoms with E-state index in [1.165, 1.54) is 20.0 Å². The van der Waals surface area contributed by atoms with Crippen LogP contribution < -0.4 is 0 Å². The number of hydrogen-bond donors (Lipinski definition) is 0. The van der Waals surface area contributed by atoms with E-state index in [4.69, 9.17) is 9.05 Å². The summed E-state index contributed by atoms with van der Waals surface area (Å²) < 4.78 is 21.6. The maximum Gasteiger partial charge on any atom is 0.353 e. The highest BCUT2D eigenvalue weighted by atomic mass is 79.9. The first kappa shape index (κ1) is 12.1. The molecule has 0 aromatic rings. The molecule has 70 valence electrons. The minimum Gasteiger partial charge on any atom is -0.309 e. The topological polar surface area (TPSA) is 35.5 Å². The van der Waals surface area contributed by atoms with Gasteiger partial charge in [-0.2, -0.15) is 0 Å². The molecule has 0 rings (SSSR count). The first-order valence-corrected chi connectivity index (χ1v) is 5.61. The normalized spacial score (nSPS) is 13.2. The van der Waals surface area contributed by atoms with Gasteiger partial charge in [0.05, 0.1) is 0 Å². The molecule has 0 bridgehead atoms. The molecule has 12 heavy (non-hydrogen) atoms. The fourth-order valence-corrected chi connectivity index (χ4v) is 1.77. The van der Waals surface area contributed by atoms with Gasteiger partial charge in [0.25, 0.3) is 0 Å². The van der Waals surface area contributed by atoms with Crippen molar-refractivity contribution >= 4 is 23.5 Å². The lowest BCUT2D eigenvalue weighted by molar-refractivity contribution is 0.286. The van der Waals surface area contributed by atoms with Crippen LogP contribution in [0.25, 0.3) is 0 Å². The Morgan fingerprint density at radius 2 is 1.92 bits per heavy atom. The highest BCUT2D eigenvalue weighted by Gasteiger charge is 2.17. The highest BCUT2D eigenvalue weighted by molar-refractivity contribution is 9.11. The molecule has 0 spiro atoms. The zero-order valence-electron chi connectivity index (χ0n) is 7.33. The van der Waals surface area contributed by atoms with Gasteiger partial charge in [-0.15, -0.1) is 0 Å². The Morgan fingerprint density at radius 3 is 2.17 bits per heavy atom. The molecule has 0 unspecified atom stereocenters. The van der Waals surface area contributed by atoms with Gasteiger partial charge < -0.3 is 9.05 Å². The van der Waals surface area contributed by atoms with Crippen LogP contribution in [0.1, 0.15) is 6.92 Å². The second-order valence-electron chi connectivity index (χ2n) is 2.12. The molecular formula is C7H12BrO3P. The zero-order chi connectivity index (χ0) is 9.78. The van der Waals surface area contributed by atoms with Gasteiger partial charge in [0.2, 0.25) is 0 Å². The van der Waals surface area contributed by atoms with Gasteiger partial charge in [-0.05, 0) is 12.5 Å². The van der Waals surface area contributed by atoms with Crippen molar-refractivity contribution < 1.29 is 13.6 Å². The fraction of sp³-hybridized carbons (Fsp3) is 0.429. The summed E-state index contributed by atoms with van der Waals surface area (Å²) >= 11 is 3.16. The first-order chi connectivity index (χ1) is 5.45. The summed E-state index contributed by atoms with van der Waals surface area (Å²) in [6, 6.07) is 0. The Kier molecular flexibility index (Phi) is 5.02. The van der Waals surface area contributed by atoms with Crippen molar-refractivity contribution in [2.75, 3.05) is 14.2 Å². The molecule has 0 atom stereocenters. The third kappa shape index (κ3) is 3.68. The third-order valence-corrected chi connectivity index (χ3v) is 3.64. The predicted molar refractivity (Wildman–Crippen MR) is 53.4 cm³/mol. The maximum atomic E-state index is 11.5. The van der Waals surface area contributed by atoms with Gasteiger partial charge >= 0.3 is 7.60 Å². The molecule has 0 aromatic carbocycles. The summed E-state index contributed by atoms with van der Waals surface area (Å²) in [6.45, 7) is 5.39. The van der Waals surface area contributed by atoms with E-state index >= 15 is 0 Å². The van der Waals surface area contributed by atoms with Crippen molar-refractivity contribution in [3.8, 4) is 0 Å². The lowest BCUT2D eigenvalue weighted by Crippen LogP contribution is -1.85. The van der Waals surface area contributed by atoms with Gasteiger partial charge in [0, 0.05) is 24.5 Å². The van der Waals surface area contributed by atoms with Gasteiger partial charge in [0.15, 0.2) is 0 Å². The molecule has 0 aliphatic carbocycles. The Morgan fingerprint density at radius 1 is 1.50 bits per heavy atom. The van der Waals surface area contributed by atoms with Crippen molar-refractivity contribution in [2.45, 2.75) is 6.92 Å². The monoisotopic (exact) mass is 254 g/mol. The van der Waals surface area contributed by atoms with E-state index in [2.05, 4.69) is 22.5 Å². The maximum absolute atomic E-state index is 11.5. The van der Waals surface area contributed by atoms with Crippen molar-refractivity contribution in [3.05, 3.63) is 22.5 Å². The largest absolute Gasteiger partial charge is 0.353 e. The van der Waals surface area contributed by atoms with Crippen LogP contribution in [0.15, 0.2) is 22.5 Å². The van der Waals surface area contributed by atoms with Gasteiger partial charge in [-0.1, -0.05) is 22.5 Å². The minimum atomic E-state index is -3.04. The van der Waals surface area contributed by atoms with Crippen LogP contribution in [-0.4, -0.2) is 14.2 Å². The number of rotatable bonds is 4. The van der Waals surface area contributed by atoms with Crippen LogP contribution in [0.2, 0.25) is 0 Å². The van der Waals surface area contributed by atoms with E-state index in [-0.39, 0.29) is 0 Å². The molecule has 0 N–H and O–H groups in total. The molecular weight excluding hydrogens is 243 g/mol. The molecule has 5 heteroatoms. The van der Waals surface area contributed by atoms with E-state index < -0.39 is 7.60 Å². The van der Waals surface area contributed by atoms with Crippen LogP contribution >= 0.6 is 23.5 Å². The molecule has 0 heterocycles. The summed E-state index contributed by atoms with van der Waals surface area (Å²) in [4.78, 5) is 0. The molecule has 0 aliphatic rings. The SMILES string of the molecule is C=C(Br)/C(C)=C\P(=O)(OC)OC. The minimum absolute atomic E-state index is 0.664. The summed E-state index contributed by atoms with van der Waals surface area (Å²) in [5.74, 6) is 1.42. The summed E-state index contributed by atoms with van der Waals surface area (Å²) in [7, 11) is -0.367. The standard InChI is InChI=1S/C7H12BrO3P/c1-6(7(2)8)5-12(9,10-3)11-4/h5H,2H2,1,3-4H3/b6-5-. The van der Waals surface area contributed by atoms with Crippen LogP contribution in [-0.2, 0) is 13.6 Å². The Balaban J connectivity index is 4.70. The van der Waals surface area contributed by atoms with E-state index in [0.717, 1.165) is 5.57 Å². The van der Waals surface area contributed by atoms with Crippen molar-refractivity contribution in [3.63, 3.8) is 0 Å². The number of allylic oxidation sites excluding steroid dienone is 2. The zero-order valence-corrected chi connectivity index (χ0v) is 9.81. The molecule has 0 radical (unpaired) electrons. The quantitative estimate of drug-likeness (QED) is 0.571. The third-order valence-electron chi connectivity index (χ3n) is 1.29. The average Bonchev–Trinajstić information content (AvgIpc) is 2.04. The first-order valence-electron chi connectivity index (χ1n) is 3.20. The number of halogens is 1. The van der Waals surface area contributed by atoms with Crippen molar-refractivity contribution in [1.29, 1.82) is 0 Å². The Bertz CT molecular complexity index is 239. The Hall–Kier alpha value is 0.110. The molecule has 3 nitrogen and oxygen atoms in total. The molecule has 0 aliphatic heterocycles. The summed E-state index contributed by atoms with van der Waals surface area (Å²) in [5.41, 5.74) is 0.738. The van der Waals surface area contributed by atoms with Gasteiger partial charge in [-0.25, -0.2) is 0 Å². The molecule has 0 aromatic heterocycles. The predicted octanol–water partition coefficient (Wildman–Crippen LogP) is 3.28. The second kappa shape index (κ2) is 4.97. The van der Waals surface area contributed by atoms with Gasteiger partial charge in [-0.3, -0.25) is 4.57 Å². The van der Waals surface area contributed by atoms with Crippen LogP contribution in [0, 0.1) is 0 Å². The molecule has 0 fully saturated rings. The van der Waals surface area contributed by atoms with Gasteiger partial charge in [0.1, 0.15) is 0 Å². The van der Waals surface area contributed by atoms with E-state index in [9.17, 15) is 4.57 Å². The van der Waals surface area contributed by atoms with Crippen LogP contribution in [0.5, 0.6) is 0 Å². The summed E-state index contributed by atoms with van der Waals surface area (Å²) in [5, 5.41) is 0. The van der Waals surface area contributed by atoms with E-state index in [1.54, 1.807) is 6.92 Å². The van der Waals surface area contributed by atoms with Crippen LogP contribution in [0.4, 0.5) is 0 Å². The highest BCUT2D eigenvalue weighted by Crippen LogP contribution is 2.49. The molecule has 0 saturated carbocycles. The van der Waals surface area contributed by atoms with Crippen molar-refractivity contribution in [2.24, 2.45) is 0 Å². The van der Waals surface area contributed by atoms with Crippen LogP contribution in [0.3, 0.4) is 0 Å². The Labute approximate surface area is 81.1 Å². The second-order valence-corrected chi connectivity index (χ2v) is 5.15. The lowest BCUT2D eigenvalue weighted by Gasteiger charge is -2.09. The van der Waals surface area contributed by atoms with E-state index in [0.29, 0.717) is 4.48 Å². The fourth-order valence-electron chi connectivity index (χ4n) is 0.487.